The number of aromatic nitrogens is 2. The molecule has 1 atom stereocenters. The summed E-state index contributed by atoms with van der Waals surface area (Å²) in [7, 11) is 3.13. The van der Waals surface area contributed by atoms with Crippen LogP contribution >= 0.6 is 0 Å². The van der Waals surface area contributed by atoms with E-state index in [0.29, 0.717) is 45.3 Å². The molecule has 3 aromatic rings. The predicted molar refractivity (Wildman–Crippen MR) is 128 cm³/mol. The molecule has 0 aliphatic carbocycles. The number of hydrogen-bond donors (Lipinski definition) is 2. The molecule has 10 heteroatoms. The summed E-state index contributed by atoms with van der Waals surface area (Å²) in [5, 5.41) is 3.03. The average molecular weight is 467 g/mol. The molecule has 34 heavy (non-hydrogen) atoms. The van der Waals surface area contributed by atoms with E-state index in [2.05, 4.69) is 15.3 Å². The summed E-state index contributed by atoms with van der Waals surface area (Å²) in [5.74, 6) is 0.781. The minimum Gasteiger partial charge on any atom is -0.481 e. The van der Waals surface area contributed by atoms with Gasteiger partial charge in [-0.3, -0.25) is 14.4 Å². The van der Waals surface area contributed by atoms with Crippen LogP contribution in [0, 0.1) is 0 Å². The summed E-state index contributed by atoms with van der Waals surface area (Å²) in [6.45, 7) is -0.739. The number of hydrogen-bond acceptors (Lipinski definition) is 7. The van der Waals surface area contributed by atoms with Gasteiger partial charge in [0.25, 0.3) is 12.0 Å². The van der Waals surface area contributed by atoms with Crippen molar-refractivity contribution < 1.29 is 18.3 Å². The van der Waals surface area contributed by atoms with Gasteiger partial charge in [-0.05, 0) is 35.9 Å². The van der Waals surface area contributed by atoms with Gasteiger partial charge in [0, 0.05) is 41.7 Å². The van der Waals surface area contributed by atoms with Crippen LogP contribution in [0.4, 0.5) is 20.3 Å². The molecule has 0 spiro atoms. The number of nitrogens with zero attached hydrogens (tertiary/aromatic N) is 3. The molecule has 0 saturated heterocycles. The third-order valence-electron chi connectivity index (χ3n) is 5.22. The second-order valence-corrected chi connectivity index (χ2v) is 7.44. The van der Waals surface area contributed by atoms with Crippen LogP contribution in [0.1, 0.15) is 11.1 Å². The Morgan fingerprint density at radius 3 is 2.79 bits per heavy atom. The Bertz CT molecular complexity index is 1300. The zero-order valence-corrected chi connectivity index (χ0v) is 18.5. The number of halogens is 2. The largest absolute Gasteiger partial charge is 0.481 e. The summed E-state index contributed by atoms with van der Waals surface area (Å²) in [6, 6.07) is 10.3. The van der Waals surface area contributed by atoms with Crippen molar-refractivity contribution in [2.24, 2.45) is 4.99 Å². The lowest BCUT2D eigenvalue weighted by molar-refractivity contribution is 0.00179. The number of methoxy groups -OCH3 is 1. The number of alkyl halides is 2. The van der Waals surface area contributed by atoms with Crippen LogP contribution in [0.15, 0.2) is 58.5 Å². The Morgan fingerprint density at radius 1 is 1.29 bits per heavy atom. The molecule has 3 N–H and O–H groups in total. The number of nitrogens with one attached hydrogen (secondary N) is 1. The molecule has 1 aliphatic rings. The van der Waals surface area contributed by atoms with E-state index in [4.69, 9.17) is 15.2 Å². The van der Waals surface area contributed by atoms with Crippen molar-refractivity contribution in [3.63, 3.8) is 0 Å². The van der Waals surface area contributed by atoms with Gasteiger partial charge in [0.1, 0.15) is 18.7 Å². The predicted octanol–water partition coefficient (Wildman–Crippen LogP) is 3.59. The second kappa shape index (κ2) is 9.84. The highest BCUT2D eigenvalue weighted by Gasteiger charge is 2.22. The maximum Gasteiger partial charge on any atom is 0.264 e. The van der Waals surface area contributed by atoms with Gasteiger partial charge >= 0.3 is 0 Å². The van der Waals surface area contributed by atoms with Gasteiger partial charge in [0.15, 0.2) is 0 Å². The van der Waals surface area contributed by atoms with E-state index in [1.807, 2.05) is 0 Å². The topological polar surface area (TPSA) is 104 Å². The molecule has 176 valence electrons. The highest BCUT2D eigenvalue weighted by molar-refractivity contribution is 5.89. The highest BCUT2D eigenvalue weighted by atomic mass is 19.3. The number of aliphatic imine (C=N–C) groups is 1. The maximum atomic E-state index is 13.7. The lowest BCUT2D eigenvalue weighted by atomic mass is 10.0. The van der Waals surface area contributed by atoms with Crippen LogP contribution in [0.25, 0.3) is 22.9 Å². The first kappa shape index (κ1) is 23.1. The van der Waals surface area contributed by atoms with Gasteiger partial charge in [-0.1, -0.05) is 12.1 Å². The fourth-order valence-corrected chi connectivity index (χ4v) is 3.63. The van der Waals surface area contributed by atoms with Crippen molar-refractivity contribution in [1.29, 1.82) is 0 Å². The molecule has 8 nitrogen and oxygen atoms in total. The fourth-order valence-electron chi connectivity index (χ4n) is 3.63. The molecule has 0 radical (unpaired) electrons. The van der Waals surface area contributed by atoms with Crippen LogP contribution in [0.2, 0.25) is 0 Å². The first-order chi connectivity index (χ1) is 16.4. The number of pyridine rings is 2. The van der Waals surface area contributed by atoms with Crippen molar-refractivity contribution in [1.82, 2.24) is 9.55 Å². The molecule has 1 aromatic carbocycles. The van der Waals surface area contributed by atoms with Gasteiger partial charge in [-0.25, -0.2) is 13.8 Å². The van der Waals surface area contributed by atoms with Gasteiger partial charge in [-0.15, -0.1) is 0 Å². The van der Waals surface area contributed by atoms with Gasteiger partial charge < -0.3 is 20.5 Å². The van der Waals surface area contributed by atoms with E-state index in [1.165, 1.54) is 17.9 Å². The Balaban J connectivity index is 1.88. The van der Waals surface area contributed by atoms with Crippen LogP contribution in [0.3, 0.4) is 0 Å². The molecule has 0 fully saturated rings. The van der Waals surface area contributed by atoms with E-state index >= 15 is 0 Å². The van der Waals surface area contributed by atoms with Crippen molar-refractivity contribution in [3.05, 3.63) is 70.2 Å². The third kappa shape index (κ3) is 4.67. The Hall–Kier alpha value is -4.05. The number of ether oxygens (including phenoxy) is 2. The number of nitrogens with two attached hydrogens (primary N) is 1. The third-order valence-corrected chi connectivity index (χ3v) is 5.22. The molecule has 1 unspecified atom stereocenters. The van der Waals surface area contributed by atoms with E-state index in [0.717, 1.165) is 0 Å². The molecule has 3 heterocycles. The van der Waals surface area contributed by atoms with Crippen LogP contribution in [-0.2, 0) is 4.74 Å². The van der Waals surface area contributed by atoms with Crippen molar-refractivity contribution in [3.8, 4) is 22.7 Å². The molecular weight excluding hydrogens is 444 g/mol. The molecule has 1 aliphatic heterocycles. The Labute approximate surface area is 194 Å². The lowest BCUT2D eigenvalue weighted by Crippen LogP contribution is -2.32. The van der Waals surface area contributed by atoms with Gasteiger partial charge in [0.05, 0.1) is 19.0 Å². The molecule has 0 amide bonds. The minimum atomic E-state index is -2.61. The summed E-state index contributed by atoms with van der Waals surface area (Å²) in [4.78, 5) is 22.0. The number of anilines is 2. The minimum absolute atomic E-state index is 0.342. The summed E-state index contributed by atoms with van der Waals surface area (Å²) < 4.78 is 37.1. The standard InChI is InChI=1S/C24H23F2N5O3/c1-28-11-16-9-14(3-6-19(16)27)18-10-15-4-7-22(34-13-20(25)26)30-23(15)31(24(18)32)17-5-8-21(33-2)29-12-17/h3-12,20,22,30H,13,27H2,1-2H3. The molecule has 0 saturated carbocycles. The van der Waals surface area contributed by atoms with Crippen LogP contribution in [0.5, 0.6) is 5.88 Å². The smallest absolute Gasteiger partial charge is 0.264 e. The molecule has 2 aromatic heterocycles. The van der Waals surface area contributed by atoms with E-state index in [9.17, 15) is 13.6 Å². The first-order valence-electron chi connectivity index (χ1n) is 10.4. The van der Waals surface area contributed by atoms with E-state index < -0.39 is 19.3 Å². The summed E-state index contributed by atoms with van der Waals surface area (Å²) >= 11 is 0. The number of rotatable bonds is 7. The molecule has 4 rings (SSSR count). The van der Waals surface area contributed by atoms with Crippen molar-refractivity contribution in [2.75, 3.05) is 31.8 Å². The Morgan fingerprint density at radius 2 is 2.12 bits per heavy atom. The lowest BCUT2D eigenvalue weighted by Gasteiger charge is -2.26. The van der Waals surface area contributed by atoms with E-state index in [1.54, 1.807) is 61.8 Å². The van der Waals surface area contributed by atoms with Crippen molar-refractivity contribution >= 4 is 23.8 Å². The number of fused-ring (bicyclic) bond motifs is 1. The normalized spacial score (nSPS) is 14.9. The quantitative estimate of drug-likeness (QED) is 0.407. The van der Waals surface area contributed by atoms with Gasteiger partial charge in [-0.2, -0.15) is 0 Å². The van der Waals surface area contributed by atoms with Crippen LogP contribution < -0.4 is 21.3 Å². The van der Waals surface area contributed by atoms with E-state index in [-0.39, 0.29) is 5.56 Å². The maximum absolute atomic E-state index is 13.7. The zero-order chi connectivity index (χ0) is 24.2. The summed E-state index contributed by atoms with van der Waals surface area (Å²) in [5.41, 5.74) is 9.11. The van der Waals surface area contributed by atoms with Crippen molar-refractivity contribution in [2.45, 2.75) is 12.7 Å². The van der Waals surface area contributed by atoms with Crippen LogP contribution in [-0.4, -0.2) is 49.2 Å². The fraction of sp³-hybridized carbons (Fsp3) is 0.208. The number of nitrogen functional groups attached to an aromatic ring is 1. The highest BCUT2D eigenvalue weighted by Crippen LogP contribution is 2.30. The number of benzene rings is 1. The molecular formula is C24H23F2N5O3. The Kier molecular flexibility index (Phi) is 6.69. The molecule has 0 bridgehead atoms. The first-order valence-corrected chi connectivity index (χ1v) is 10.4. The monoisotopic (exact) mass is 467 g/mol. The SMILES string of the molecule is CN=Cc1cc(-c2cc3c(n(-c4ccc(OC)nc4)c2=O)NC(OCC(F)F)C=C3)ccc1N. The van der Waals surface area contributed by atoms with Gasteiger partial charge in [0.2, 0.25) is 5.88 Å². The zero-order valence-electron chi connectivity index (χ0n) is 18.5. The summed E-state index contributed by atoms with van der Waals surface area (Å²) in [6.07, 6.45) is 3.02. The average Bonchev–Trinajstić information content (AvgIpc) is 2.84. The second-order valence-electron chi connectivity index (χ2n) is 7.44.